The van der Waals surface area contributed by atoms with E-state index in [9.17, 15) is 14.7 Å². The Morgan fingerprint density at radius 1 is 1.21 bits per heavy atom. The summed E-state index contributed by atoms with van der Waals surface area (Å²) in [5.41, 5.74) is 1.72. The van der Waals surface area contributed by atoms with Crippen LogP contribution in [0.1, 0.15) is 24.8 Å². The normalized spacial score (nSPS) is 18.0. The molecule has 0 radical (unpaired) electrons. The van der Waals surface area contributed by atoms with E-state index >= 15 is 0 Å². The molecule has 1 unspecified atom stereocenters. The summed E-state index contributed by atoms with van der Waals surface area (Å²) >= 11 is 0. The van der Waals surface area contributed by atoms with Gasteiger partial charge in [-0.05, 0) is 37.5 Å². The Kier molecular flexibility index (Phi) is 4.74. The first-order valence-corrected chi connectivity index (χ1v) is 7.97. The van der Waals surface area contributed by atoms with Crippen LogP contribution in [0, 0.1) is 0 Å². The minimum atomic E-state index is -0.937. The summed E-state index contributed by atoms with van der Waals surface area (Å²) in [6, 6.07) is 8.96. The Labute approximate surface area is 140 Å². The summed E-state index contributed by atoms with van der Waals surface area (Å²) in [5.74, 6) is -1.21. The van der Waals surface area contributed by atoms with Crippen LogP contribution in [0.15, 0.2) is 48.8 Å². The van der Waals surface area contributed by atoms with Gasteiger partial charge in [0.15, 0.2) is 0 Å². The van der Waals surface area contributed by atoms with Crippen LogP contribution in [0.4, 0.5) is 0 Å². The summed E-state index contributed by atoms with van der Waals surface area (Å²) in [5, 5.41) is 13.5. The van der Waals surface area contributed by atoms with Crippen molar-refractivity contribution < 1.29 is 14.7 Å². The number of aromatic nitrogens is 2. The van der Waals surface area contributed by atoms with Crippen molar-refractivity contribution in [3.63, 3.8) is 0 Å². The zero-order chi connectivity index (χ0) is 16.9. The third kappa shape index (κ3) is 3.53. The molecule has 1 fully saturated rings. The number of benzene rings is 1. The fourth-order valence-electron chi connectivity index (χ4n) is 2.86. The number of likely N-dealkylation sites (tertiary alicyclic amines) is 1. The van der Waals surface area contributed by atoms with Crippen LogP contribution in [-0.2, 0) is 9.59 Å². The molecule has 1 aliphatic heterocycles. The van der Waals surface area contributed by atoms with E-state index in [2.05, 4.69) is 5.10 Å². The fourth-order valence-corrected chi connectivity index (χ4v) is 2.86. The van der Waals surface area contributed by atoms with Crippen molar-refractivity contribution >= 4 is 18.0 Å². The molecule has 2 heterocycles. The highest BCUT2D eigenvalue weighted by atomic mass is 16.4. The lowest BCUT2D eigenvalue weighted by atomic mass is 10.0. The third-order valence-corrected chi connectivity index (χ3v) is 4.11. The molecule has 1 amide bonds. The van der Waals surface area contributed by atoms with Crippen LogP contribution in [0.2, 0.25) is 0 Å². The van der Waals surface area contributed by atoms with Crippen LogP contribution in [0.3, 0.4) is 0 Å². The number of rotatable bonds is 4. The van der Waals surface area contributed by atoms with Crippen molar-refractivity contribution in [2.45, 2.75) is 25.3 Å². The second-order valence-corrected chi connectivity index (χ2v) is 5.77. The molecule has 0 spiro atoms. The number of amides is 1. The highest BCUT2D eigenvalue weighted by Crippen LogP contribution is 2.18. The Bertz CT molecular complexity index is 752. The number of hydrogen-bond donors (Lipinski definition) is 1. The average Bonchev–Trinajstić information content (AvgIpc) is 3.09. The number of aliphatic carboxylic acids is 1. The lowest BCUT2D eigenvalue weighted by Crippen LogP contribution is -2.47. The van der Waals surface area contributed by atoms with Crippen LogP contribution >= 0.6 is 0 Å². The number of para-hydroxylation sites is 1. The van der Waals surface area contributed by atoms with Crippen LogP contribution < -0.4 is 0 Å². The molecule has 1 aromatic heterocycles. The van der Waals surface area contributed by atoms with E-state index in [-0.39, 0.29) is 5.91 Å². The molecule has 1 N–H and O–H groups in total. The summed E-state index contributed by atoms with van der Waals surface area (Å²) in [6.07, 6.45) is 8.78. The predicted molar refractivity (Wildman–Crippen MR) is 89.6 cm³/mol. The molecule has 1 aliphatic rings. The molecule has 6 heteroatoms. The van der Waals surface area contributed by atoms with E-state index in [0.717, 1.165) is 24.1 Å². The van der Waals surface area contributed by atoms with Gasteiger partial charge < -0.3 is 10.0 Å². The minimum Gasteiger partial charge on any atom is -0.480 e. The Morgan fingerprint density at radius 3 is 2.75 bits per heavy atom. The number of nitrogens with zero attached hydrogens (tertiary/aromatic N) is 3. The summed E-state index contributed by atoms with van der Waals surface area (Å²) in [4.78, 5) is 25.0. The van der Waals surface area contributed by atoms with E-state index < -0.39 is 12.0 Å². The first kappa shape index (κ1) is 16.0. The maximum atomic E-state index is 12.3. The lowest BCUT2D eigenvalue weighted by molar-refractivity contribution is -0.150. The van der Waals surface area contributed by atoms with E-state index in [0.29, 0.717) is 13.0 Å². The molecule has 3 rings (SSSR count). The van der Waals surface area contributed by atoms with Crippen molar-refractivity contribution in [1.82, 2.24) is 14.7 Å². The van der Waals surface area contributed by atoms with Crippen molar-refractivity contribution in [3.05, 3.63) is 54.4 Å². The van der Waals surface area contributed by atoms with Gasteiger partial charge in [0.25, 0.3) is 0 Å². The lowest BCUT2D eigenvalue weighted by Gasteiger charge is -2.32. The van der Waals surface area contributed by atoms with Crippen molar-refractivity contribution in [2.75, 3.05) is 6.54 Å². The van der Waals surface area contributed by atoms with Crippen molar-refractivity contribution in [2.24, 2.45) is 0 Å². The molecule has 1 saturated heterocycles. The van der Waals surface area contributed by atoms with Gasteiger partial charge in [0, 0.05) is 24.4 Å². The summed E-state index contributed by atoms with van der Waals surface area (Å²) in [7, 11) is 0. The molecule has 6 nitrogen and oxygen atoms in total. The number of piperidine rings is 1. The van der Waals surface area contributed by atoms with Gasteiger partial charge in [-0.1, -0.05) is 18.2 Å². The first-order valence-electron chi connectivity index (χ1n) is 7.97. The van der Waals surface area contributed by atoms with Gasteiger partial charge in [0.05, 0.1) is 11.9 Å². The Morgan fingerprint density at radius 2 is 2.00 bits per heavy atom. The Balaban J connectivity index is 1.70. The highest BCUT2D eigenvalue weighted by molar-refractivity contribution is 5.94. The second-order valence-electron chi connectivity index (χ2n) is 5.77. The number of hydrogen-bond acceptors (Lipinski definition) is 3. The van der Waals surface area contributed by atoms with E-state index in [1.165, 1.54) is 11.0 Å². The maximum Gasteiger partial charge on any atom is 0.326 e. The standard InChI is InChI=1S/C18H19N3O3/c22-17(20-11-5-4-8-16(20)18(23)24)10-9-14-12-19-21(13-14)15-6-2-1-3-7-15/h1-3,6-7,9-10,12-13,16H,4-5,8,11H2,(H,23,24). The maximum absolute atomic E-state index is 12.3. The number of carboxylic acid groups (broad SMARTS) is 1. The van der Waals surface area contributed by atoms with Gasteiger partial charge in [-0.25, -0.2) is 9.48 Å². The van der Waals surface area contributed by atoms with Crippen LogP contribution in [0.25, 0.3) is 11.8 Å². The number of carboxylic acids is 1. The quantitative estimate of drug-likeness (QED) is 0.876. The SMILES string of the molecule is O=C(O)C1CCCCN1C(=O)C=Cc1cnn(-c2ccccc2)c1. The van der Waals surface area contributed by atoms with Gasteiger partial charge in [0.1, 0.15) is 6.04 Å². The van der Waals surface area contributed by atoms with Gasteiger partial charge >= 0.3 is 5.97 Å². The highest BCUT2D eigenvalue weighted by Gasteiger charge is 2.30. The topological polar surface area (TPSA) is 75.4 Å². The van der Waals surface area contributed by atoms with Gasteiger partial charge in [-0.2, -0.15) is 5.10 Å². The van der Waals surface area contributed by atoms with E-state index in [1.807, 2.05) is 36.5 Å². The largest absolute Gasteiger partial charge is 0.480 e. The fraction of sp³-hybridized carbons (Fsp3) is 0.278. The van der Waals surface area contributed by atoms with Gasteiger partial charge in [0.2, 0.25) is 5.91 Å². The van der Waals surface area contributed by atoms with Gasteiger partial charge in [-0.3, -0.25) is 4.79 Å². The third-order valence-electron chi connectivity index (χ3n) is 4.11. The van der Waals surface area contributed by atoms with Crippen LogP contribution in [-0.4, -0.2) is 44.3 Å². The predicted octanol–water partition coefficient (Wildman–Crippen LogP) is 2.35. The first-order chi connectivity index (χ1) is 11.6. The smallest absolute Gasteiger partial charge is 0.326 e. The molecular weight excluding hydrogens is 306 g/mol. The minimum absolute atomic E-state index is 0.269. The molecule has 2 aromatic rings. The van der Waals surface area contributed by atoms with E-state index in [1.54, 1.807) is 17.0 Å². The zero-order valence-electron chi connectivity index (χ0n) is 13.2. The summed E-state index contributed by atoms with van der Waals surface area (Å²) < 4.78 is 1.73. The molecule has 0 bridgehead atoms. The second kappa shape index (κ2) is 7.12. The molecule has 24 heavy (non-hydrogen) atoms. The summed E-state index contributed by atoms with van der Waals surface area (Å²) in [6.45, 7) is 0.490. The number of carbonyl (C=O) groups excluding carboxylic acids is 1. The van der Waals surface area contributed by atoms with Crippen LogP contribution in [0.5, 0.6) is 0 Å². The molecule has 1 aromatic carbocycles. The Hall–Kier alpha value is -2.89. The van der Waals surface area contributed by atoms with E-state index in [4.69, 9.17) is 0 Å². The van der Waals surface area contributed by atoms with Crippen molar-refractivity contribution in [3.8, 4) is 5.69 Å². The molecule has 1 atom stereocenters. The van der Waals surface area contributed by atoms with Gasteiger partial charge in [-0.15, -0.1) is 0 Å². The monoisotopic (exact) mass is 325 g/mol. The zero-order valence-corrected chi connectivity index (χ0v) is 13.2. The average molecular weight is 325 g/mol. The number of carbonyl (C=O) groups is 2. The van der Waals surface area contributed by atoms with Crippen molar-refractivity contribution in [1.29, 1.82) is 0 Å². The molecule has 124 valence electrons. The molecular formula is C18H19N3O3. The molecule has 0 saturated carbocycles. The molecule has 0 aliphatic carbocycles.